The number of aliphatic carboxylic acids is 1. The van der Waals surface area contributed by atoms with E-state index < -0.39 is 5.97 Å². The Morgan fingerprint density at radius 3 is 2.20 bits per heavy atom. The third kappa shape index (κ3) is 5.28. The molecule has 0 unspecified atom stereocenters. The van der Waals surface area contributed by atoms with Gasteiger partial charge in [0, 0.05) is 12.4 Å². The molecule has 0 aromatic carbocycles. The average molecular weight is 143 g/mol. The quantitative estimate of drug-likeness (QED) is 0.545. The number of carboxylic acids is 1. The molecule has 0 radical (unpaired) electrons. The Labute approximate surface area is 60.0 Å². The molecule has 3 heteroatoms. The van der Waals surface area contributed by atoms with Crippen LogP contribution in [0.4, 0.5) is 0 Å². The lowest BCUT2D eigenvalue weighted by atomic mass is 10.0. The van der Waals surface area contributed by atoms with Crippen molar-refractivity contribution >= 4 is 11.8 Å². The van der Waals surface area contributed by atoms with Crippen LogP contribution in [0.15, 0.2) is 0 Å². The van der Waals surface area contributed by atoms with Crippen molar-refractivity contribution < 1.29 is 14.7 Å². The van der Waals surface area contributed by atoms with Gasteiger partial charge < -0.3 is 14.7 Å². The predicted molar refractivity (Wildman–Crippen MR) is 34.1 cm³/mol. The summed E-state index contributed by atoms with van der Waals surface area (Å²) in [6.07, 6.45) is 0.299. The van der Waals surface area contributed by atoms with Crippen LogP contribution >= 0.6 is 0 Å². The molecule has 0 aromatic heterocycles. The highest BCUT2D eigenvalue weighted by Gasteiger charge is 2.04. The average Bonchev–Trinajstić information content (AvgIpc) is 1.58. The third-order valence-electron chi connectivity index (χ3n) is 1.15. The van der Waals surface area contributed by atoms with Crippen LogP contribution in [0.5, 0.6) is 0 Å². The molecule has 0 spiro atoms. The lowest BCUT2D eigenvalue weighted by Crippen LogP contribution is -2.24. The topological polar surface area (TPSA) is 57.2 Å². The number of carboxylic acid groups (broad SMARTS) is 1. The van der Waals surface area contributed by atoms with Crippen LogP contribution in [-0.4, -0.2) is 11.8 Å². The first-order valence-electron chi connectivity index (χ1n) is 3.21. The van der Waals surface area contributed by atoms with Crippen LogP contribution in [0.3, 0.4) is 0 Å². The highest BCUT2D eigenvalue weighted by molar-refractivity contribution is 5.76. The standard InChI is InChI=1S/C7H12O3/c1-5(3-6(2)8)4-7(9)10/h5H,3-4H2,1-2H3,(H,9,10)/p-1/t5-/m0/s1. The van der Waals surface area contributed by atoms with Crippen molar-refractivity contribution in [2.45, 2.75) is 26.7 Å². The highest BCUT2D eigenvalue weighted by atomic mass is 16.4. The molecule has 0 heterocycles. The number of hydrogen-bond donors (Lipinski definition) is 0. The summed E-state index contributed by atoms with van der Waals surface area (Å²) in [7, 11) is 0. The van der Waals surface area contributed by atoms with Crippen molar-refractivity contribution in [2.75, 3.05) is 0 Å². The highest BCUT2D eigenvalue weighted by Crippen LogP contribution is 2.05. The van der Waals surface area contributed by atoms with Crippen molar-refractivity contribution in [3.8, 4) is 0 Å². The molecule has 0 fully saturated rings. The van der Waals surface area contributed by atoms with Gasteiger partial charge in [-0.25, -0.2) is 0 Å². The van der Waals surface area contributed by atoms with E-state index >= 15 is 0 Å². The zero-order valence-corrected chi connectivity index (χ0v) is 6.22. The van der Waals surface area contributed by atoms with Gasteiger partial charge in [0.15, 0.2) is 0 Å². The van der Waals surface area contributed by atoms with Gasteiger partial charge in [0.2, 0.25) is 0 Å². The molecular weight excluding hydrogens is 132 g/mol. The molecule has 0 aliphatic heterocycles. The summed E-state index contributed by atoms with van der Waals surface area (Å²) in [6.45, 7) is 3.17. The largest absolute Gasteiger partial charge is 0.550 e. The van der Waals surface area contributed by atoms with Crippen molar-refractivity contribution in [2.24, 2.45) is 5.92 Å². The molecule has 0 aliphatic rings. The van der Waals surface area contributed by atoms with E-state index in [2.05, 4.69) is 0 Å². The second-order valence-corrected chi connectivity index (χ2v) is 2.59. The normalized spacial score (nSPS) is 12.6. The van der Waals surface area contributed by atoms with Crippen molar-refractivity contribution in [3.05, 3.63) is 0 Å². The number of carbonyl (C=O) groups is 2. The lowest BCUT2D eigenvalue weighted by Gasteiger charge is -2.08. The van der Waals surface area contributed by atoms with Gasteiger partial charge in [-0.3, -0.25) is 0 Å². The molecule has 0 bridgehead atoms. The fourth-order valence-electron chi connectivity index (χ4n) is 0.847. The van der Waals surface area contributed by atoms with E-state index in [-0.39, 0.29) is 18.1 Å². The van der Waals surface area contributed by atoms with Crippen molar-refractivity contribution in [1.82, 2.24) is 0 Å². The first-order valence-corrected chi connectivity index (χ1v) is 3.21. The Morgan fingerprint density at radius 1 is 1.40 bits per heavy atom. The summed E-state index contributed by atoms with van der Waals surface area (Å²) >= 11 is 0. The molecule has 0 saturated heterocycles. The van der Waals surface area contributed by atoms with Crippen LogP contribution in [0.1, 0.15) is 26.7 Å². The fraction of sp³-hybridized carbons (Fsp3) is 0.714. The monoisotopic (exact) mass is 143 g/mol. The first kappa shape index (κ1) is 9.14. The maximum Gasteiger partial charge on any atom is 0.130 e. The van der Waals surface area contributed by atoms with Gasteiger partial charge in [-0.1, -0.05) is 6.92 Å². The van der Waals surface area contributed by atoms with Crippen LogP contribution in [0, 0.1) is 5.92 Å². The van der Waals surface area contributed by atoms with E-state index in [1.165, 1.54) is 6.92 Å². The third-order valence-corrected chi connectivity index (χ3v) is 1.15. The Bertz CT molecular complexity index is 124. The molecule has 1 atom stereocenters. The molecule has 3 nitrogen and oxygen atoms in total. The summed E-state index contributed by atoms with van der Waals surface area (Å²) in [5.74, 6) is -1.16. The van der Waals surface area contributed by atoms with Crippen molar-refractivity contribution in [1.29, 1.82) is 0 Å². The summed E-state index contributed by atoms with van der Waals surface area (Å²) in [4.78, 5) is 20.4. The fourth-order valence-corrected chi connectivity index (χ4v) is 0.847. The second kappa shape index (κ2) is 4.04. The number of carbonyl (C=O) groups excluding carboxylic acids is 2. The molecular formula is C7H11O3-. The zero-order valence-electron chi connectivity index (χ0n) is 6.22. The smallest absolute Gasteiger partial charge is 0.130 e. The van der Waals surface area contributed by atoms with Crippen LogP contribution in [0.25, 0.3) is 0 Å². The summed E-state index contributed by atoms with van der Waals surface area (Å²) in [5.41, 5.74) is 0. The Hall–Kier alpha value is -0.860. The first-order chi connectivity index (χ1) is 4.52. The zero-order chi connectivity index (χ0) is 8.15. The van der Waals surface area contributed by atoms with Gasteiger partial charge in [0.05, 0.1) is 0 Å². The molecule has 0 N–H and O–H groups in total. The van der Waals surface area contributed by atoms with E-state index in [1.807, 2.05) is 0 Å². The van der Waals surface area contributed by atoms with E-state index in [9.17, 15) is 14.7 Å². The van der Waals surface area contributed by atoms with Crippen LogP contribution < -0.4 is 5.11 Å². The van der Waals surface area contributed by atoms with Gasteiger partial charge in [-0.15, -0.1) is 0 Å². The van der Waals surface area contributed by atoms with Gasteiger partial charge in [-0.05, 0) is 19.3 Å². The number of rotatable bonds is 4. The predicted octanol–water partition coefficient (Wildman–Crippen LogP) is -0.258. The van der Waals surface area contributed by atoms with Crippen LogP contribution in [-0.2, 0) is 9.59 Å². The van der Waals surface area contributed by atoms with Gasteiger partial charge >= 0.3 is 0 Å². The minimum absolute atomic E-state index is 0.0220. The van der Waals surface area contributed by atoms with E-state index in [1.54, 1.807) is 6.92 Å². The Kier molecular flexibility index (Phi) is 3.69. The Morgan fingerprint density at radius 2 is 1.90 bits per heavy atom. The number of Topliss-reactive ketones (excluding diaryl/α,β-unsaturated/α-hetero) is 1. The van der Waals surface area contributed by atoms with Gasteiger partial charge in [-0.2, -0.15) is 0 Å². The van der Waals surface area contributed by atoms with Gasteiger partial charge in [0.1, 0.15) is 5.78 Å². The lowest BCUT2D eigenvalue weighted by molar-refractivity contribution is -0.306. The maximum absolute atomic E-state index is 10.4. The van der Waals surface area contributed by atoms with Crippen LogP contribution in [0.2, 0.25) is 0 Å². The molecule has 0 saturated carbocycles. The Balaban J connectivity index is 3.53. The molecule has 10 heavy (non-hydrogen) atoms. The van der Waals surface area contributed by atoms with E-state index in [0.29, 0.717) is 6.42 Å². The summed E-state index contributed by atoms with van der Waals surface area (Å²) < 4.78 is 0. The molecule has 0 amide bonds. The van der Waals surface area contributed by atoms with Gasteiger partial charge in [0.25, 0.3) is 0 Å². The summed E-state index contributed by atoms with van der Waals surface area (Å²) in [6, 6.07) is 0. The summed E-state index contributed by atoms with van der Waals surface area (Å²) in [5, 5.41) is 9.97. The SMILES string of the molecule is CC(=O)C[C@H](C)CC(=O)[O-]. The molecule has 58 valence electrons. The minimum atomic E-state index is -1.09. The molecule has 0 rings (SSSR count). The molecule has 0 aliphatic carbocycles. The minimum Gasteiger partial charge on any atom is -0.550 e. The van der Waals surface area contributed by atoms with E-state index in [0.717, 1.165) is 0 Å². The molecule has 0 aromatic rings. The number of hydrogen-bond acceptors (Lipinski definition) is 3. The maximum atomic E-state index is 10.4. The van der Waals surface area contributed by atoms with E-state index in [4.69, 9.17) is 0 Å². The second-order valence-electron chi connectivity index (χ2n) is 2.59. The number of ketones is 1. The van der Waals surface area contributed by atoms with Crippen molar-refractivity contribution in [3.63, 3.8) is 0 Å².